The Morgan fingerprint density at radius 2 is 2.14 bits per heavy atom. The summed E-state index contributed by atoms with van der Waals surface area (Å²) >= 11 is 0.302. The monoisotopic (exact) mass is 425 g/mol. The molecule has 0 bridgehead atoms. The number of nitrogen functional groups attached to an aromatic ring is 1. The molecule has 1 atom stereocenters. The van der Waals surface area contributed by atoms with Gasteiger partial charge in [0.25, 0.3) is 0 Å². The van der Waals surface area contributed by atoms with Gasteiger partial charge in [0.1, 0.15) is 22.1 Å². The lowest BCUT2D eigenvalue weighted by molar-refractivity contribution is 0.594. The Morgan fingerprint density at radius 1 is 1.31 bits per heavy atom. The van der Waals surface area contributed by atoms with Crippen molar-refractivity contribution in [1.82, 2.24) is 19.5 Å². The first-order valence-electron chi connectivity index (χ1n) is 9.51. The summed E-state index contributed by atoms with van der Waals surface area (Å²) in [5.74, 6) is 1.52. The van der Waals surface area contributed by atoms with E-state index in [0.717, 1.165) is 51.4 Å². The zero-order valence-corrected chi connectivity index (χ0v) is 18.3. The summed E-state index contributed by atoms with van der Waals surface area (Å²) in [6.07, 6.45) is 7.29. The number of aryl methyl sites for hydroxylation is 1. The van der Waals surface area contributed by atoms with Gasteiger partial charge in [-0.3, -0.25) is 4.98 Å². The summed E-state index contributed by atoms with van der Waals surface area (Å²) < 4.78 is 15.6. The molecular weight excluding hydrogens is 402 g/mol. The molecule has 0 saturated carbocycles. The number of hydrogen-bond acceptors (Lipinski definition) is 6. The molecule has 150 valence electrons. The highest BCUT2D eigenvalue weighted by atomic mass is 32.2. The number of nitrogens with two attached hydrogens (primary N) is 1. The third-order valence-electron chi connectivity index (χ3n) is 5.01. The number of aromatic nitrogens is 4. The van der Waals surface area contributed by atoms with E-state index in [2.05, 4.69) is 16.9 Å². The summed E-state index contributed by atoms with van der Waals surface area (Å²) in [6.45, 7) is 4.06. The molecule has 0 aliphatic carbocycles. The highest BCUT2D eigenvalue weighted by Crippen LogP contribution is 2.43. The van der Waals surface area contributed by atoms with E-state index < -0.39 is 11.2 Å². The molecule has 0 aromatic carbocycles. The largest absolute Gasteiger partial charge is 0.611 e. The number of thiophene rings is 1. The van der Waals surface area contributed by atoms with E-state index >= 15 is 0 Å². The number of nitrogens with zero attached hydrogens (tertiary/aromatic N) is 4. The Balaban J connectivity index is 1.97. The number of fused-ring (bicyclic) bond motifs is 1. The zero-order valence-electron chi connectivity index (χ0n) is 16.7. The average molecular weight is 426 g/mol. The molecule has 0 aliphatic rings. The van der Waals surface area contributed by atoms with E-state index in [1.54, 1.807) is 12.4 Å². The van der Waals surface area contributed by atoms with E-state index in [4.69, 9.17) is 10.7 Å². The number of rotatable bonds is 6. The van der Waals surface area contributed by atoms with Crippen molar-refractivity contribution in [2.24, 2.45) is 7.05 Å². The summed E-state index contributed by atoms with van der Waals surface area (Å²) in [4.78, 5) is 14.3. The van der Waals surface area contributed by atoms with Crippen molar-refractivity contribution in [2.75, 3.05) is 11.5 Å². The van der Waals surface area contributed by atoms with Crippen LogP contribution in [0.15, 0.2) is 41.0 Å². The third kappa shape index (κ3) is 3.63. The first kappa shape index (κ1) is 19.9. The van der Waals surface area contributed by atoms with Crippen LogP contribution in [0.5, 0.6) is 0 Å². The first-order valence-corrected chi connectivity index (χ1v) is 11.6. The van der Waals surface area contributed by atoms with Crippen LogP contribution in [0, 0.1) is 6.92 Å². The van der Waals surface area contributed by atoms with Gasteiger partial charge >= 0.3 is 0 Å². The molecule has 4 heterocycles. The lowest BCUT2D eigenvalue weighted by Crippen LogP contribution is -2.07. The van der Waals surface area contributed by atoms with Gasteiger partial charge in [-0.05, 0) is 42.7 Å². The number of unbranched alkanes of at least 4 members (excludes halogenated alkanes) is 1. The fourth-order valence-corrected chi connectivity index (χ4v) is 6.05. The number of imidazole rings is 1. The van der Waals surface area contributed by atoms with Crippen LogP contribution in [-0.4, -0.2) is 29.8 Å². The van der Waals surface area contributed by atoms with Gasteiger partial charge in [0.2, 0.25) is 4.21 Å². The smallest absolute Gasteiger partial charge is 0.232 e. The standard InChI is InChI=1S/C21H23N5OS2/c1-4-5-9-29(27)21-19(22)18-15(17-12-24-13(2)26(17)3)10-16(25-20(18)28-21)14-7-6-8-23-11-14/h6-8,10-12H,4-5,9,22H2,1-3H3/t29-/m1/s1. The summed E-state index contributed by atoms with van der Waals surface area (Å²) in [5.41, 5.74) is 10.7. The van der Waals surface area contributed by atoms with Crippen LogP contribution in [0.2, 0.25) is 0 Å². The van der Waals surface area contributed by atoms with Gasteiger partial charge in [-0.15, -0.1) is 0 Å². The quantitative estimate of drug-likeness (QED) is 0.457. The minimum atomic E-state index is -1.12. The van der Waals surface area contributed by atoms with Crippen LogP contribution in [0.4, 0.5) is 5.69 Å². The Bertz CT molecular complexity index is 1150. The van der Waals surface area contributed by atoms with E-state index in [0.29, 0.717) is 15.6 Å². The molecule has 0 fully saturated rings. The van der Waals surface area contributed by atoms with Crippen LogP contribution < -0.4 is 5.73 Å². The minimum absolute atomic E-state index is 0.568. The minimum Gasteiger partial charge on any atom is -0.611 e. The summed E-state index contributed by atoms with van der Waals surface area (Å²) in [6, 6.07) is 5.90. The second-order valence-electron chi connectivity index (χ2n) is 6.93. The molecule has 0 unspecified atom stereocenters. The van der Waals surface area contributed by atoms with E-state index in [9.17, 15) is 4.55 Å². The predicted molar refractivity (Wildman–Crippen MR) is 120 cm³/mol. The molecule has 0 aliphatic heterocycles. The molecule has 6 nitrogen and oxygen atoms in total. The molecule has 0 amide bonds. The van der Waals surface area contributed by atoms with Gasteiger partial charge in [0, 0.05) is 36.0 Å². The van der Waals surface area contributed by atoms with Crippen molar-refractivity contribution in [3.05, 3.63) is 42.6 Å². The van der Waals surface area contributed by atoms with Crippen molar-refractivity contribution in [1.29, 1.82) is 0 Å². The van der Waals surface area contributed by atoms with Gasteiger partial charge in [0.05, 0.1) is 17.6 Å². The van der Waals surface area contributed by atoms with Crippen LogP contribution in [0.3, 0.4) is 0 Å². The second kappa shape index (κ2) is 8.14. The molecule has 2 N–H and O–H groups in total. The van der Waals surface area contributed by atoms with Gasteiger partial charge in [-0.1, -0.05) is 24.7 Å². The highest BCUT2D eigenvalue weighted by molar-refractivity contribution is 7.93. The molecule has 0 radical (unpaired) electrons. The van der Waals surface area contributed by atoms with Crippen LogP contribution in [-0.2, 0) is 18.2 Å². The molecule has 4 rings (SSSR count). The number of pyridine rings is 2. The van der Waals surface area contributed by atoms with E-state index in [1.807, 2.05) is 42.9 Å². The maximum Gasteiger partial charge on any atom is 0.232 e. The normalized spacial score (nSPS) is 12.6. The molecule has 4 aromatic heterocycles. The topological polar surface area (TPSA) is 92.7 Å². The average Bonchev–Trinajstić information content (AvgIpc) is 3.25. The Hall–Kier alpha value is -2.42. The van der Waals surface area contributed by atoms with E-state index in [-0.39, 0.29) is 0 Å². The number of anilines is 1. The van der Waals surface area contributed by atoms with Gasteiger partial charge < -0.3 is 14.9 Å². The van der Waals surface area contributed by atoms with Gasteiger partial charge in [0.15, 0.2) is 0 Å². The molecule has 4 aromatic rings. The van der Waals surface area contributed by atoms with Crippen molar-refractivity contribution in [2.45, 2.75) is 30.9 Å². The molecule has 0 spiro atoms. The maximum atomic E-state index is 12.9. The van der Waals surface area contributed by atoms with Gasteiger partial charge in [-0.2, -0.15) is 0 Å². The van der Waals surface area contributed by atoms with Crippen LogP contribution in [0.1, 0.15) is 25.6 Å². The summed E-state index contributed by atoms with van der Waals surface area (Å²) in [5, 5.41) is 0.852. The highest BCUT2D eigenvalue weighted by Gasteiger charge is 2.25. The fourth-order valence-electron chi connectivity index (χ4n) is 3.25. The zero-order chi connectivity index (χ0) is 20.5. The number of hydrogen-bond donors (Lipinski definition) is 1. The Labute approximate surface area is 177 Å². The fraction of sp³-hybridized carbons (Fsp3) is 0.286. The molecule has 29 heavy (non-hydrogen) atoms. The lowest BCUT2D eigenvalue weighted by Gasteiger charge is -2.10. The first-order chi connectivity index (χ1) is 14.0. The SMILES string of the molecule is CCCC[S@@+]([O-])c1sc2nc(-c3cccnc3)cc(-c3cnc(C)n3C)c2c1N. The lowest BCUT2D eigenvalue weighted by atomic mass is 10.1. The molecular formula is C21H23N5OS2. The summed E-state index contributed by atoms with van der Waals surface area (Å²) in [7, 11) is 1.98. The van der Waals surface area contributed by atoms with Crippen molar-refractivity contribution >= 4 is 38.4 Å². The second-order valence-corrected chi connectivity index (χ2v) is 9.70. The predicted octanol–water partition coefficient (Wildman–Crippen LogP) is 4.56. The van der Waals surface area contributed by atoms with Crippen molar-refractivity contribution in [3.8, 4) is 22.5 Å². The maximum absolute atomic E-state index is 12.9. The molecule has 8 heteroatoms. The Morgan fingerprint density at radius 3 is 2.79 bits per heavy atom. The van der Waals surface area contributed by atoms with Crippen molar-refractivity contribution in [3.63, 3.8) is 0 Å². The third-order valence-corrected chi connectivity index (χ3v) is 8.00. The van der Waals surface area contributed by atoms with Crippen LogP contribution >= 0.6 is 11.3 Å². The Kier molecular flexibility index (Phi) is 5.58. The van der Waals surface area contributed by atoms with Gasteiger partial charge in [-0.25, -0.2) is 9.97 Å². The van der Waals surface area contributed by atoms with E-state index in [1.165, 1.54) is 11.3 Å². The van der Waals surface area contributed by atoms with Crippen LogP contribution in [0.25, 0.3) is 32.7 Å². The van der Waals surface area contributed by atoms with Crippen molar-refractivity contribution < 1.29 is 4.55 Å². The molecule has 0 saturated heterocycles.